The molecule has 1 N–H and O–H groups in total. The summed E-state index contributed by atoms with van der Waals surface area (Å²) >= 11 is 0. The van der Waals surface area contributed by atoms with Crippen molar-refractivity contribution in [2.24, 2.45) is 0 Å². The Bertz CT molecular complexity index is 392. The number of amides is 1. The molecular formula is C14H20N2O2. The fraction of sp³-hybridized carbons (Fsp3) is 0.643. The Morgan fingerprint density at radius 2 is 2.28 bits per heavy atom. The van der Waals surface area contributed by atoms with Crippen LogP contribution in [0.4, 0.5) is 0 Å². The second kappa shape index (κ2) is 5.14. The fourth-order valence-electron chi connectivity index (χ4n) is 2.65. The third kappa shape index (κ3) is 2.58. The lowest BCUT2D eigenvalue weighted by Gasteiger charge is -2.30. The summed E-state index contributed by atoms with van der Waals surface area (Å²) in [5.41, 5.74) is 0.678. The van der Waals surface area contributed by atoms with Crippen LogP contribution in [-0.2, 0) is 0 Å². The minimum Gasteiger partial charge on any atom is -0.472 e. The van der Waals surface area contributed by atoms with Crippen LogP contribution in [0.2, 0.25) is 0 Å². The van der Waals surface area contributed by atoms with Gasteiger partial charge in [0, 0.05) is 18.6 Å². The number of carbonyl (C=O) groups is 1. The number of hydrogen-bond acceptors (Lipinski definition) is 3. The van der Waals surface area contributed by atoms with E-state index in [0.29, 0.717) is 17.6 Å². The summed E-state index contributed by atoms with van der Waals surface area (Å²) in [6.45, 7) is 1.93. The topological polar surface area (TPSA) is 45.5 Å². The first kappa shape index (κ1) is 11.8. The average Bonchev–Trinajstić information content (AvgIpc) is 3.10. The minimum atomic E-state index is 0.124. The SMILES string of the molecule is O=C(c1ccoc1)N(CC1CCCCN1)C1CC1. The van der Waals surface area contributed by atoms with Crippen molar-refractivity contribution < 1.29 is 9.21 Å². The van der Waals surface area contributed by atoms with Crippen LogP contribution < -0.4 is 5.32 Å². The molecule has 2 aliphatic rings. The van der Waals surface area contributed by atoms with E-state index in [1.807, 2.05) is 4.90 Å². The maximum Gasteiger partial charge on any atom is 0.257 e. The van der Waals surface area contributed by atoms with Crippen LogP contribution in [0.25, 0.3) is 0 Å². The smallest absolute Gasteiger partial charge is 0.257 e. The van der Waals surface area contributed by atoms with E-state index in [1.165, 1.54) is 19.3 Å². The number of rotatable bonds is 4. The number of nitrogens with zero attached hydrogens (tertiary/aromatic N) is 1. The highest BCUT2D eigenvalue weighted by Crippen LogP contribution is 2.29. The molecule has 1 amide bonds. The van der Waals surface area contributed by atoms with E-state index in [4.69, 9.17) is 4.42 Å². The predicted molar refractivity (Wildman–Crippen MR) is 68.4 cm³/mol. The zero-order chi connectivity index (χ0) is 12.4. The zero-order valence-electron chi connectivity index (χ0n) is 10.6. The van der Waals surface area contributed by atoms with Gasteiger partial charge < -0.3 is 14.6 Å². The maximum atomic E-state index is 12.4. The van der Waals surface area contributed by atoms with Gasteiger partial charge in [0.05, 0.1) is 11.8 Å². The van der Waals surface area contributed by atoms with Gasteiger partial charge in [0.1, 0.15) is 6.26 Å². The summed E-state index contributed by atoms with van der Waals surface area (Å²) in [7, 11) is 0. The van der Waals surface area contributed by atoms with Gasteiger partial charge in [0.15, 0.2) is 0 Å². The van der Waals surface area contributed by atoms with E-state index in [0.717, 1.165) is 25.9 Å². The number of piperidine rings is 1. The summed E-state index contributed by atoms with van der Waals surface area (Å²) in [6.07, 6.45) is 9.13. The van der Waals surface area contributed by atoms with E-state index in [2.05, 4.69) is 5.32 Å². The van der Waals surface area contributed by atoms with Gasteiger partial charge in [0.25, 0.3) is 5.91 Å². The van der Waals surface area contributed by atoms with Gasteiger partial charge in [-0.3, -0.25) is 4.79 Å². The second-order valence-electron chi connectivity index (χ2n) is 5.35. The van der Waals surface area contributed by atoms with Gasteiger partial charge >= 0.3 is 0 Å². The number of furan rings is 1. The molecule has 98 valence electrons. The summed E-state index contributed by atoms with van der Waals surface area (Å²) in [4.78, 5) is 14.4. The molecular weight excluding hydrogens is 228 g/mol. The van der Waals surface area contributed by atoms with E-state index in [-0.39, 0.29) is 5.91 Å². The lowest BCUT2D eigenvalue weighted by atomic mass is 10.0. The molecule has 4 heteroatoms. The normalized spacial score (nSPS) is 23.9. The molecule has 0 radical (unpaired) electrons. The quantitative estimate of drug-likeness (QED) is 0.886. The Balaban J connectivity index is 1.66. The lowest BCUT2D eigenvalue weighted by molar-refractivity contribution is 0.0717. The first-order valence-electron chi connectivity index (χ1n) is 6.91. The molecule has 1 aromatic heterocycles. The van der Waals surface area contributed by atoms with Crippen LogP contribution >= 0.6 is 0 Å². The average molecular weight is 248 g/mol. The molecule has 1 aromatic rings. The molecule has 1 aliphatic heterocycles. The van der Waals surface area contributed by atoms with Gasteiger partial charge in [-0.05, 0) is 38.3 Å². The highest BCUT2D eigenvalue weighted by Gasteiger charge is 2.34. The van der Waals surface area contributed by atoms with Gasteiger partial charge in [-0.25, -0.2) is 0 Å². The Morgan fingerprint density at radius 3 is 2.89 bits per heavy atom. The van der Waals surface area contributed by atoms with Crippen molar-refractivity contribution in [1.82, 2.24) is 10.2 Å². The number of hydrogen-bond donors (Lipinski definition) is 1. The Morgan fingerprint density at radius 1 is 1.39 bits per heavy atom. The fourth-order valence-corrected chi connectivity index (χ4v) is 2.65. The summed E-state index contributed by atoms with van der Waals surface area (Å²) in [6, 6.07) is 2.68. The monoisotopic (exact) mass is 248 g/mol. The van der Waals surface area contributed by atoms with Crippen LogP contribution in [0, 0.1) is 0 Å². The van der Waals surface area contributed by atoms with Crippen molar-refractivity contribution in [3.63, 3.8) is 0 Å². The summed E-state index contributed by atoms with van der Waals surface area (Å²) in [5, 5.41) is 3.52. The number of nitrogens with one attached hydrogen (secondary N) is 1. The van der Waals surface area contributed by atoms with Crippen LogP contribution in [-0.4, -0.2) is 36.0 Å². The van der Waals surface area contributed by atoms with E-state index < -0.39 is 0 Å². The molecule has 2 heterocycles. The largest absolute Gasteiger partial charge is 0.472 e. The van der Waals surface area contributed by atoms with Crippen molar-refractivity contribution in [3.8, 4) is 0 Å². The highest BCUT2D eigenvalue weighted by molar-refractivity contribution is 5.94. The van der Waals surface area contributed by atoms with Gasteiger partial charge in [-0.1, -0.05) is 6.42 Å². The summed E-state index contributed by atoms with van der Waals surface area (Å²) < 4.78 is 5.01. The molecule has 0 bridgehead atoms. The first-order chi connectivity index (χ1) is 8.84. The predicted octanol–water partition coefficient (Wildman–Crippen LogP) is 2.03. The van der Waals surface area contributed by atoms with Crippen LogP contribution in [0.15, 0.2) is 23.0 Å². The van der Waals surface area contributed by atoms with Crippen molar-refractivity contribution >= 4 is 5.91 Å². The Labute approximate surface area is 107 Å². The second-order valence-corrected chi connectivity index (χ2v) is 5.35. The molecule has 1 saturated carbocycles. The van der Waals surface area contributed by atoms with Gasteiger partial charge in [-0.15, -0.1) is 0 Å². The molecule has 1 unspecified atom stereocenters. The molecule has 1 aliphatic carbocycles. The molecule has 0 aromatic carbocycles. The molecule has 1 atom stereocenters. The highest BCUT2D eigenvalue weighted by atomic mass is 16.3. The Hall–Kier alpha value is -1.29. The third-order valence-corrected chi connectivity index (χ3v) is 3.85. The lowest BCUT2D eigenvalue weighted by Crippen LogP contribution is -2.46. The van der Waals surface area contributed by atoms with Crippen LogP contribution in [0.5, 0.6) is 0 Å². The molecule has 18 heavy (non-hydrogen) atoms. The van der Waals surface area contributed by atoms with Crippen molar-refractivity contribution in [2.75, 3.05) is 13.1 Å². The zero-order valence-corrected chi connectivity index (χ0v) is 10.6. The van der Waals surface area contributed by atoms with E-state index >= 15 is 0 Å². The summed E-state index contributed by atoms with van der Waals surface area (Å²) in [5.74, 6) is 0.124. The van der Waals surface area contributed by atoms with Crippen molar-refractivity contribution in [2.45, 2.75) is 44.2 Å². The molecule has 4 nitrogen and oxygen atoms in total. The molecule has 2 fully saturated rings. The van der Waals surface area contributed by atoms with Gasteiger partial charge in [0.2, 0.25) is 0 Å². The minimum absolute atomic E-state index is 0.124. The van der Waals surface area contributed by atoms with Crippen molar-refractivity contribution in [3.05, 3.63) is 24.2 Å². The van der Waals surface area contributed by atoms with Crippen molar-refractivity contribution in [1.29, 1.82) is 0 Å². The van der Waals surface area contributed by atoms with Gasteiger partial charge in [-0.2, -0.15) is 0 Å². The van der Waals surface area contributed by atoms with E-state index in [1.54, 1.807) is 18.6 Å². The Kier molecular flexibility index (Phi) is 3.37. The first-order valence-corrected chi connectivity index (χ1v) is 6.91. The van der Waals surface area contributed by atoms with Crippen LogP contribution in [0.1, 0.15) is 42.5 Å². The molecule has 1 saturated heterocycles. The molecule has 0 spiro atoms. The number of carbonyl (C=O) groups excluding carboxylic acids is 1. The standard InChI is InChI=1S/C14H20N2O2/c17-14(11-6-8-18-10-11)16(13-4-5-13)9-12-3-1-2-7-15-12/h6,8,10,12-13,15H,1-5,7,9H2. The third-order valence-electron chi connectivity index (χ3n) is 3.85. The molecule has 3 rings (SSSR count). The maximum absolute atomic E-state index is 12.4. The van der Waals surface area contributed by atoms with Crippen LogP contribution in [0.3, 0.4) is 0 Å². The van der Waals surface area contributed by atoms with E-state index in [9.17, 15) is 4.79 Å².